The number of halogens is 1. The Kier molecular flexibility index (Phi) is 3.92. The van der Waals surface area contributed by atoms with E-state index in [0.717, 1.165) is 17.4 Å². The molecule has 3 rings (SSSR count). The van der Waals surface area contributed by atoms with Crippen LogP contribution in [0.25, 0.3) is 6.20 Å². The van der Waals surface area contributed by atoms with Crippen molar-refractivity contribution in [2.45, 2.75) is 33.3 Å². The lowest BCUT2D eigenvalue weighted by molar-refractivity contribution is 0.300. The topological polar surface area (TPSA) is 52.8 Å². The van der Waals surface area contributed by atoms with Crippen molar-refractivity contribution in [1.82, 2.24) is 19.7 Å². The predicted octanol–water partition coefficient (Wildman–Crippen LogP) is 3.48. The van der Waals surface area contributed by atoms with Gasteiger partial charge < -0.3 is 9.30 Å². The SMILES string of the molecule is C/C(=C\n1cc(COc2cnnc(Cl)c2)nc1C)C1CC1. The van der Waals surface area contributed by atoms with Crippen molar-refractivity contribution in [3.8, 4) is 5.75 Å². The van der Waals surface area contributed by atoms with Gasteiger partial charge >= 0.3 is 0 Å². The predicted molar refractivity (Wildman–Crippen MR) is 81.0 cm³/mol. The standard InChI is InChI=1S/C15H17ClN4O/c1-10(12-3-4-12)7-20-8-13(18-11(20)2)9-21-14-5-15(16)19-17-6-14/h5-8,12H,3-4,9H2,1-2H3/b10-7+. The molecule has 2 aromatic heterocycles. The Morgan fingerprint density at radius 3 is 3.05 bits per heavy atom. The van der Waals surface area contributed by atoms with Crippen LogP contribution in [0.4, 0.5) is 0 Å². The molecule has 2 aromatic rings. The first-order valence-electron chi connectivity index (χ1n) is 6.95. The molecule has 110 valence electrons. The van der Waals surface area contributed by atoms with Crippen molar-refractivity contribution in [3.05, 3.63) is 40.7 Å². The second-order valence-corrected chi connectivity index (χ2v) is 5.72. The summed E-state index contributed by atoms with van der Waals surface area (Å²) >= 11 is 5.77. The van der Waals surface area contributed by atoms with Crippen molar-refractivity contribution >= 4 is 17.8 Å². The third-order valence-electron chi connectivity index (χ3n) is 3.52. The van der Waals surface area contributed by atoms with Gasteiger partial charge in [-0.25, -0.2) is 4.98 Å². The second kappa shape index (κ2) is 5.85. The van der Waals surface area contributed by atoms with Gasteiger partial charge in [-0.3, -0.25) is 0 Å². The molecule has 0 saturated heterocycles. The van der Waals surface area contributed by atoms with Gasteiger partial charge in [0.25, 0.3) is 0 Å². The van der Waals surface area contributed by atoms with Gasteiger partial charge in [-0.2, -0.15) is 5.10 Å². The van der Waals surface area contributed by atoms with E-state index >= 15 is 0 Å². The van der Waals surface area contributed by atoms with Crippen molar-refractivity contribution in [3.63, 3.8) is 0 Å². The molecule has 21 heavy (non-hydrogen) atoms. The van der Waals surface area contributed by atoms with Crippen LogP contribution in [0.1, 0.15) is 31.3 Å². The minimum absolute atomic E-state index is 0.317. The minimum atomic E-state index is 0.317. The smallest absolute Gasteiger partial charge is 0.155 e. The lowest BCUT2D eigenvalue weighted by Gasteiger charge is -2.02. The molecule has 0 amide bonds. The zero-order chi connectivity index (χ0) is 14.8. The van der Waals surface area contributed by atoms with Gasteiger partial charge in [-0.1, -0.05) is 17.2 Å². The molecule has 0 atom stereocenters. The van der Waals surface area contributed by atoms with Crippen molar-refractivity contribution in [1.29, 1.82) is 0 Å². The molecule has 1 saturated carbocycles. The molecule has 0 aromatic carbocycles. The van der Waals surface area contributed by atoms with Crippen LogP contribution in [0.2, 0.25) is 5.15 Å². The van der Waals surface area contributed by atoms with Crippen molar-refractivity contribution in [2.24, 2.45) is 5.92 Å². The Bertz CT molecular complexity index is 676. The van der Waals surface area contributed by atoms with Crippen LogP contribution < -0.4 is 4.74 Å². The number of allylic oxidation sites excluding steroid dienone is 1. The molecule has 2 heterocycles. The van der Waals surface area contributed by atoms with E-state index < -0.39 is 0 Å². The van der Waals surface area contributed by atoms with E-state index in [4.69, 9.17) is 16.3 Å². The minimum Gasteiger partial charge on any atom is -0.485 e. The summed E-state index contributed by atoms with van der Waals surface area (Å²) in [6.45, 7) is 4.55. The quantitative estimate of drug-likeness (QED) is 0.848. The fraction of sp³-hybridized carbons (Fsp3) is 0.400. The number of rotatable bonds is 5. The molecule has 1 fully saturated rings. The van der Waals surface area contributed by atoms with E-state index in [1.165, 1.54) is 24.6 Å². The van der Waals surface area contributed by atoms with Crippen LogP contribution in [0, 0.1) is 12.8 Å². The van der Waals surface area contributed by atoms with Crippen LogP contribution in [0.5, 0.6) is 5.75 Å². The van der Waals surface area contributed by atoms with Gasteiger partial charge in [0.2, 0.25) is 0 Å². The van der Waals surface area contributed by atoms with Gasteiger partial charge in [-0.15, -0.1) is 5.10 Å². The lowest BCUT2D eigenvalue weighted by Crippen LogP contribution is -1.96. The molecule has 0 bridgehead atoms. The summed E-state index contributed by atoms with van der Waals surface area (Å²) in [6, 6.07) is 1.63. The Labute approximate surface area is 128 Å². The molecule has 0 unspecified atom stereocenters. The molecule has 1 aliphatic rings. The van der Waals surface area contributed by atoms with E-state index in [0.29, 0.717) is 17.5 Å². The molecule has 0 spiro atoms. The average molecular weight is 305 g/mol. The fourth-order valence-electron chi connectivity index (χ4n) is 2.17. The highest BCUT2D eigenvalue weighted by atomic mass is 35.5. The maximum absolute atomic E-state index is 5.77. The van der Waals surface area contributed by atoms with Gasteiger partial charge in [0.15, 0.2) is 5.15 Å². The third-order valence-corrected chi connectivity index (χ3v) is 3.70. The van der Waals surface area contributed by atoms with Crippen molar-refractivity contribution in [2.75, 3.05) is 0 Å². The number of nitrogens with zero attached hydrogens (tertiary/aromatic N) is 4. The summed E-state index contributed by atoms with van der Waals surface area (Å²) in [6.07, 6.45) is 8.31. The summed E-state index contributed by atoms with van der Waals surface area (Å²) in [5, 5.41) is 7.74. The maximum atomic E-state index is 5.77. The van der Waals surface area contributed by atoms with Crippen LogP contribution in [-0.4, -0.2) is 19.7 Å². The van der Waals surface area contributed by atoms with Gasteiger partial charge in [-0.05, 0) is 32.6 Å². The lowest BCUT2D eigenvalue weighted by atomic mass is 10.2. The molecular weight excluding hydrogens is 288 g/mol. The van der Waals surface area contributed by atoms with Crippen LogP contribution in [-0.2, 0) is 6.61 Å². The molecule has 0 N–H and O–H groups in total. The Hall–Kier alpha value is -1.88. The van der Waals surface area contributed by atoms with Crippen molar-refractivity contribution < 1.29 is 4.74 Å². The highest BCUT2D eigenvalue weighted by Gasteiger charge is 2.23. The second-order valence-electron chi connectivity index (χ2n) is 5.34. The molecule has 0 radical (unpaired) electrons. The number of ether oxygens (including phenoxy) is 1. The summed E-state index contributed by atoms with van der Waals surface area (Å²) < 4.78 is 7.68. The zero-order valence-electron chi connectivity index (χ0n) is 12.1. The van der Waals surface area contributed by atoms with Crippen LogP contribution in [0.15, 0.2) is 24.0 Å². The zero-order valence-corrected chi connectivity index (χ0v) is 12.8. The summed E-state index contributed by atoms with van der Waals surface area (Å²) in [5.41, 5.74) is 2.29. The third kappa shape index (κ3) is 3.61. The summed E-state index contributed by atoms with van der Waals surface area (Å²) in [7, 11) is 0. The van der Waals surface area contributed by atoms with Gasteiger partial charge in [0, 0.05) is 18.5 Å². The van der Waals surface area contributed by atoms with Gasteiger partial charge in [0.05, 0.1) is 11.9 Å². The molecule has 6 heteroatoms. The largest absolute Gasteiger partial charge is 0.485 e. The first kappa shape index (κ1) is 14.1. The number of imidazole rings is 1. The summed E-state index contributed by atoms with van der Waals surface area (Å²) in [4.78, 5) is 4.51. The fourth-order valence-corrected chi connectivity index (χ4v) is 2.32. The van der Waals surface area contributed by atoms with Gasteiger partial charge in [0.1, 0.15) is 18.2 Å². The number of aromatic nitrogens is 4. The first-order valence-corrected chi connectivity index (χ1v) is 7.33. The molecule has 0 aliphatic heterocycles. The number of aryl methyl sites for hydroxylation is 1. The molecule has 1 aliphatic carbocycles. The number of hydrogen-bond acceptors (Lipinski definition) is 4. The Morgan fingerprint density at radius 1 is 1.52 bits per heavy atom. The Morgan fingerprint density at radius 2 is 2.33 bits per heavy atom. The highest BCUT2D eigenvalue weighted by Crippen LogP contribution is 2.36. The monoisotopic (exact) mass is 304 g/mol. The van der Waals surface area contributed by atoms with E-state index in [1.807, 2.05) is 13.1 Å². The summed E-state index contributed by atoms with van der Waals surface area (Å²) in [5.74, 6) is 2.31. The molecular formula is C15H17ClN4O. The molecule has 5 nitrogen and oxygen atoms in total. The average Bonchev–Trinajstić information content (AvgIpc) is 3.23. The number of hydrogen-bond donors (Lipinski definition) is 0. The van der Waals surface area contributed by atoms with Crippen LogP contribution >= 0.6 is 11.6 Å². The highest BCUT2D eigenvalue weighted by molar-refractivity contribution is 6.29. The first-order chi connectivity index (χ1) is 10.1. The van der Waals surface area contributed by atoms with E-state index in [2.05, 4.69) is 32.9 Å². The van der Waals surface area contributed by atoms with E-state index in [1.54, 1.807) is 6.07 Å². The maximum Gasteiger partial charge on any atom is 0.155 e. The normalized spacial score (nSPS) is 15.3. The van der Waals surface area contributed by atoms with E-state index in [9.17, 15) is 0 Å². The van der Waals surface area contributed by atoms with Crippen LogP contribution in [0.3, 0.4) is 0 Å². The Balaban J connectivity index is 1.68. The van der Waals surface area contributed by atoms with E-state index in [-0.39, 0.29) is 0 Å².